The molecule has 5 nitrogen and oxygen atoms in total. The lowest BCUT2D eigenvalue weighted by atomic mass is 10.3. The third kappa shape index (κ3) is 4.08. The summed E-state index contributed by atoms with van der Waals surface area (Å²) in [5.41, 5.74) is 6.64. The minimum absolute atomic E-state index is 0.189. The molecule has 0 aliphatic carbocycles. The Morgan fingerprint density at radius 3 is 2.72 bits per heavy atom. The smallest absolute Gasteiger partial charge is 0.242 e. The van der Waals surface area contributed by atoms with Gasteiger partial charge in [-0.3, -0.25) is 0 Å². The summed E-state index contributed by atoms with van der Waals surface area (Å²) in [7, 11) is -2.11. The van der Waals surface area contributed by atoms with Gasteiger partial charge in [-0.25, -0.2) is 13.1 Å². The van der Waals surface area contributed by atoms with Gasteiger partial charge in [-0.15, -0.1) is 0 Å². The minimum atomic E-state index is -3.49. The van der Waals surface area contributed by atoms with E-state index in [-0.39, 0.29) is 4.90 Å². The summed E-state index contributed by atoms with van der Waals surface area (Å²) in [6.45, 7) is 0.733. The van der Waals surface area contributed by atoms with Crippen molar-refractivity contribution in [3.05, 3.63) is 18.2 Å². The molecule has 0 atom stereocenters. The van der Waals surface area contributed by atoms with E-state index in [4.69, 9.17) is 5.73 Å². The zero-order valence-electron chi connectivity index (χ0n) is 10.6. The topological polar surface area (TPSA) is 84.2 Å². The van der Waals surface area contributed by atoms with E-state index >= 15 is 0 Å². The largest absolute Gasteiger partial charge is 0.399 e. The molecule has 0 fully saturated rings. The molecule has 0 aliphatic heterocycles. The van der Waals surface area contributed by atoms with Crippen LogP contribution < -0.4 is 15.8 Å². The van der Waals surface area contributed by atoms with Crippen molar-refractivity contribution in [2.75, 3.05) is 36.7 Å². The second-order valence-corrected chi connectivity index (χ2v) is 6.58. The molecule has 102 valence electrons. The van der Waals surface area contributed by atoms with Crippen LogP contribution >= 0.6 is 11.8 Å². The van der Waals surface area contributed by atoms with Gasteiger partial charge in [0.05, 0.1) is 5.69 Å². The summed E-state index contributed by atoms with van der Waals surface area (Å²) in [6, 6.07) is 4.84. The van der Waals surface area contributed by atoms with Crippen LogP contribution in [0.5, 0.6) is 0 Å². The number of rotatable bonds is 7. The van der Waals surface area contributed by atoms with Gasteiger partial charge >= 0.3 is 0 Å². The molecule has 0 heterocycles. The fraction of sp³-hybridized carbons (Fsp3) is 0.455. The van der Waals surface area contributed by atoms with Gasteiger partial charge in [0.15, 0.2) is 0 Å². The lowest BCUT2D eigenvalue weighted by molar-refractivity contribution is 0.588. The zero-order valence-corrected chi connectivity index (χ0v) is 12.2. The summed E-state index contributed by atoms with van der Waals surface area (Å²) < 4.78 is 26.0. The van der Waals surface area contributed by atoms with Crippen molar-refractivity contribution in [2.24, 2.45) is 0 Å². The van der Waals surface area contributed by atoms with Crippen LogP contribution in [0.3, 0.4) is 0 Å². The molecule has 18 heavy (non-hydrogen) atoms. The van der Waals surface area contributed by atoms with E-state index in [1.54, 1.807) is 23.9 Å². The normalized spacial score (nSPS) is 11.4. The van der Waals surface area contributed by atoms with Gasteiger partial charge < -0.3 is 11.1 Å². The minimum Gasteiger partial charge on any atom is -0.399 e. The average molecular weight is 289 g/mol. The van der Waals surface area contributed by atoms with E-state index in [0.717, 1.165) is 18.7 Å². The predicted octanol–water partition coefficient (Wildman–Crippen LogP) is 1.34. The lowest BCUT2D eigenvalue weighted by Gasteiger charge is -2.12. The average Bonchev–Trinajstić information content (AvgIpc) is 2.36. The monoisotopic (exact) mass is 289 g/mol. The predicted molar refractivity (Wildman–Crippen MR) is 78.6 cm³/mol. The van der Waals surface area contributed by atoms with E-state index in [1.807, 2.05) is 6.26 Å². The van der Waals surface area contributed by atoms with E-state index < -0.39 is 10.0 Å². The Morgan fingerprint density at radius 2 is 2.11 bits per heavy atom. The van der Waals surface area contributed by atoms with Gasteiger partial charge in [-0.05, 0) is 43.7 Å². The van der Waals surface area contributed by atoms with Gasteiger partial charge in [0, 0.05) is 12.2 Å². The van der Waals surface area contributed by atoms with Crippen molar-refractivity contribution in [1.29, 1.82) is 0 Å². The quantitative estimate of drug-likeness (QED) is 0.521. The maximum atomic E-state index is 11.9. The van der Waals surface area contributed by atoms with Gasteiger partial charge in [0.2, 0.25) is 10.0 Å². The molecule has 1 rings (SSSR count). The van der Waals surface area contributed by atoms with E-state index in [1.165, 1.54) is 13.1 Å². The molecule has 7 heteroatoms. The second-order valence-electron chi connectivity index (χ2n) is 3.74. The summed E-state index contributed by atoms with van der Waals surface area (Å²) in [5, 5.41) is 3.13. The molecule has 1 aromatic carbocycles. The van der Waals surface area contributed by atoms with Crippen molar-refractivity contribution in [3.8, 4) is 0 Å². The molecule has 1 aromatic rings. The molecule has 0 spiro atoms. The molecule has 0 radical (unpaired) electrons. The van der Waals surface area contributed by atoms with Gasteiger partial charge in [0.25, 0.3) is 0 Å². The number of nitrogen functional groups attached to an aromatic ring is 1. The van der Waals surface area contributed by atoms with E-state index in [9.17, 15) is 8.42 Å². The first-order chi connectivity index (χ1) is 8.51. The molecule has 0 amide bonds. The summed E-state index contributed by atoms with van der Waals surface area (Å²) >= 11 is 1.76. The van der Waals surface area contributed by atoms with Crippen molar-refractivity contribution >= 4 is 33.2 Å². The van der Waals surface area contributed by atoms with Crippen molar-refractivity contribution in [1.82, 2.24) is 4.72 Å². The summed E-state index contributed by atoms with van der Waals surface area (Å²) in [6.07, 6.45) is 3.02. The Kier molecular flexibility index (Phi) is 5.77. The molecule has 4 N–H and O–H groups in total. The highest BCUT2D eigenvalue weighted by molar-refractivity contribution is 7.98. The highest BCUT2D eigenvalue weighted by Gasteiger charge is 2.16. The van der Waals surface area contributed by atoms with Crippen molar-refractivity contribution < 1.29 is 8.42 Å². The maximum absolute atomic E-state index is 11.9. The number of hydrogen-bond donors (Lipinski definition) is 3. The van der Waals surface area contributed by atoms with Crippen LogP contribution in [0.1, 0.15) is 6.42 Å². The zero-order chi connectivity index (χ0) is 13.6. The molecule has 0 aromatic heterocycles. The maximum Gasteiger partial charge on any atom is 0.242 e. The Labute approximate surface area is 113 Å². The van der Waals surface area contributed by atoms with Crippen molar-refractivity contribution in [3.63, 3.8) is 0 Å². The first kappa shape index (κ1) is 15.1. The number of benzene rings is 1. The molecule has 0 aliphatic rings. The third-order valence-electron chi connectivity index (χ3n) is 2.40. The first-order valence-electron chi connectivity index (χ1n) is 5.57. The fourth-order valence-corrected chi connectivity index (χ4v) is 2.83. The summed E-state index contributed by atoms with van der Waals surface area (Å²) in [5.74, 6) is 1.04. The molecule has 0 unspecified atom stereocenters. The Hall–Kier alpha value is -0.920. The van der Waals surface area contributed by atoms with Gasteiger partial charge in [-0.2, -0.15) is 11.8 Å². The van der Waals surface area contributed by atoms with Crippen LogP contribution in [0.15, 0.2) is 23.1 Å². The van der Waals surface area contributed by atoms with Crippen LogP contribution in [0.4, 0.5) is 11.4 Å². The fourth-order valence-electron chi connectivity index (χ4n) is 1.46. The van der Waals surface area contributed by atoms with Crippen LogP contribution in [-0.4, -0.2) is 34.0 Å². The second kappa shape index (κ2) is 6.86. The van der Waals surface area contributed by atoms with Crippen LogP contribution in [0, 0.1) is 0 Å². The van der Waals surface area contributed by atoms with Crippen molar-refractivity contribution in [2.45, 2.75) is 11.3 Å². The number of nitrogens with one attached hydrogen (secondary N) is 2. The number of hydrogen-bond acceptors (Lipinski definition) is 5. The van der Waals surface area contributed by atoms with Crippen LogP contribution in [0.2, 0.25) is 0 Å². The standard InChI is InChI=1S/C11H19N3O2S2/c1-13-18(15,16)11-8-9(12)4-5-10(11)14-6-3-7-17-2/h4-5,8,13-14H,3,6-7,12H2,1-2H3. The van der Waals surface area contributed by atoms with E-state index in [0.29, 0.717) is 11.4 Å². The molecular weight excluding hydrogens is 270 g/mol. The third-order valence-corrected chi connectivity index (χ3v) is 4.56. The highest BCUT2D eigenvalue weighted by atomic mass is 32.2. The number of sulfonamides is 1. The molecule has 0 saturated carbocycles. The lowest BCUT2D eigenvalue weighted by Crippen LogP contribution is -2.20. The van der Waals surface area contributed by atoms with Crippen LogP contribution in [0.25, 0.3) is 0 Å². The Balaban J connectivity index is 2.91. The first-order valence-corrected chi connectivity index (χ1v) is 8.45. The van der Waals surface area contributed by atoms with Crippen LogP contribution in [-0.2, 0) is 10.0 Å². The number of nitrogens with two attached hydrogens (primary N) is 1. The summed E-state index contributed by atoms with van der Waals surface area (Å²) in [4.78, 5) is 0.189. The Bertz CT molecular complexity index is 489. The highest BCUT2D eigenvalue weighted by Crippen LogP contribution is 2.23. The molecule has 0 bridgehead atoms. The Morgan fingerprint density at radius 1 is 1.39 bits per heavy atom. The SMILES string of the molecule is CNS(=O)(=O)c1cc(N)ccc1NCCCSC. The van der Waals surface area contributed by atoms with Gasteiger partial charge in [0.1, 0.15) is 4.90 Å². The molecular formula is C11H19N3O2S2. The number of anilines is 2. The molecule has 0 saturated heterocycles. The van der Waals surface area contributed by atoms with Gasteiger partial charge in [-0.1, -0.05) is 0 Å². The van der Waals surface area contributed by atoms with E-state index in [2.05, 4.69) is 10.0 Å². The number of thioether (sulfide) groups is 1.